The monoisotopic (exact) mass is 506 g/mol. The van der Waals surface area contributed by atoms with Crippen LogP contribution in [0.15, 0.2) is 72.8 Å². The fourth-order valence-corrected chi connectivity index (χ4v) is 4.23. The van der Waals surface area contributed by atoms with Crippen molar-refractivity contribution >= 4 is 23.4 Å². The van der Waals surface area contributed by atoms with Crippen LogP contribution in [0.2, 0.25) is 5.02 Å². The van der Waals surface area contributed by atoms with Gasteiger partial charge in [-0.05, 0) is 60.2 Å². The molecule has 5 nitrogen and oxygen atoms in total. The number of aryl methyl sites for hydroxylation is 2. The minimum absolute atomic E-state index is 0.184. The second-order valence-corrected chi connectivity index (χ2v) is 9.98. The van der Waals surface area contributed by atoms with Crippen molar-refractivity contribution in [1.82, 2.24) is 10.2 Å². The van der Waals surface area contributed by atoms with Crippen LogP contribution < -0.4 is 10.1 Å². The third kappa shape index (κ3) is 8.13. The lowest BCUT2D eigenvalue weighted by atomic mass is 10.0. The van der Waals surface area contributed by atoms with Gasteiger partial charge in [-0.25, -0.2) is 0 Å². The number of rotatable bonds is 11. The number of nitrogens with one attached hydrogen (secondary N) is 1. The zero-order chi connectivity index (χ0) is 26.1. The van der Waals surface area contributed by atoms with Gasteiger partial charge in [0.25, 0.3) is 5.91 Å². The summed E-state index contributed by atoms with van der Waals surface area (Å²) in [6.07, 6.45) is 0.379. The molecule has 0 aromatic heterocycles. The highest BCUT2D eigenvalue weighted by molar-refractivity contribution is 6.31. The third-order valence-corrected chi connectivity index (χ3v) is 6.18. The summed E-state index contributed by atoms with van der Waals surface area (Å²) in [5.41, 5.74) is 3.85. The molecule has 1 atom stereocenters. The highest BCUT2D eigenvalue weighted by Crippen LogP contribution is 2.21. The Morgan fingerprint density at radius 1 is 0.944 bits per heavy atom. The summed E-state index contributed by atoms with van der Waals surface area (Å²) in [7, 11) is 0. The molecule has 0 radical (unpaired) electrons. The molecule has 0 spiro atoms. The van der Waals surface area contributed by atoms with Gasteiger partial charge in [0.1, 0.15) is 11.8 Å². The Kier molecular flexibility index (Phi) is 9.95. The molecule has 6 heteroatoms. The van der Waals surface area contributed by atoms with E-state index >= 15 is 0 Å². The van der Waals surface area contributed by atoms with E-state index in [2.05, 4.69) is 5.32 Å². The predicted octanol–water partition coefficient (Wildman–Crippen LogP) is 5.75. The largest absolute Gasteiger partial charge is 0.484 e. The fraction of sp³-hybridized carbons (Fsp3) is 0.333. The lowest BCUT2D eigenvalue weighted by molar-refractivity contribution is -0.142. The first-order chi connectivity index (χ1) is 17.2. The van der Waals surface area contributed by atoms with Gasteiger partial charge >= 0.3 is 0 Å². The molecule has 0 saturated carbocycles. The van der Waals surface area contributed by atoms with E-state index in [0.29, 0.717) is 23.7 Å². The van der Waals surface area contributed by atoms with Crippen molar-refractivity contribution in [2.75, 3.05) is 13.2 Å². The molecule has 2 amide bonds. The molecule has 0 heterocycles. The Hall–Kier alpha value is -3.31. The summed E-state index contributed by atoms with van der Waals surface area (Å²) < 4.78 is 5.90. The van der Waals surface area contributed by atoms with Crippen molar-refractivity contribution in [3.8, 4) is 5.75 Å². The summed E-state index contributed by atoms with van der Waals surface area (Å²) >= 11 is 6.46. The highest BCUT2D eigenvalue weighted by atomic mass is 35.5. The average molecular weight is 507 g/mol. The molecular weight excluding hydrogens is 472 g/mol. The van der Waals surface area contributed by atoms with Gasteiger partial charge in [-0.3, -0.25) is 9.59 Å². The van der Waals surface area contributed by atoms with Gasteiger partial charge in [-0.15, -0.1) is 0 Å². The van der Waals surface area contributed by atoms with Crippen LogP contribution in [0.5, 0.6) is 5.75 Å². The lowest BCUT2D eigenvalue weighted by Gasteiger charge is -2.32. The van der Waals surface area contributed by atoms with Crippen LogP contribution >= 0.6 is 11.6 Å². The van der Waals surface area contributed by atoms with E-state index in [1.54, 1.807) is 11.0 Å². The first kappa shape index (κ1) is 27.3. The number of benzene rings is 3. The van der Waals surface area contributed by atoms with Crippen molar-refractivity contribution in [2.45, 2.75) is 46.7 Å². The molecular formula is C30H35ClN2O3. The van der Waals surface area contributed by atoms with E-state index in [1.807, 2.05) is 94.4 Å². The molecule has 0 unspecified atom stereocenters. The van der Waals surface area contributed by atoms with E-state index in [0.717, 1.165) is 22.3 Å². The Bertz CT molecular complexity index is 1140. The Morgan fingerprint density at radius 2 is 1.58 bits per heavy atom. The normalized spacial score (nSPS) is 11.7. The highest BCUT2D eigenvalue weighted by Gasteiger charge is 2.31. The van der Waals surface area contributed by atoms with Crippen molar-refractivity contribution in [3.05, 3.63) is 100 Å². The number of hydrogen-bond acceptors (Lipinski definition) is 3. The van der Waals surface area contributed by atoms with Crippen molar-refractivity contribution < 1.29 is 14.3 Å². The van der Waals surface area contributed by atoms with Gasteiger partial charge in [0.2, 0.25) is 5.91 Å². The van der Waals surface area contributed by atoms with Crippen LogP contribution in [-0.2, 0) is 22.6 Å². The predicted molar refractivity (Wildman–Crippen MR) is 145 cm³/mol. The van der Waals surface area contributed by atoms with Gasteiger partial charge in [0.05, 0.1) is 0 Å². The molecule has 190 valence electrons. The van der Waals surface area contributed by atoms with E-state index in [-0.39, 0.29) is 30.9 Å². The van der Waals surface area contributed by atoms with Crippen LogP contribution in [0.4, 0.5) is 0 Å². The van der Waals surface area contributed by atoms with E-state index in [1.165, 1.54) is 0 Å². The summed E-state index contributed by atoms with van der Waals surface area (Å²) in [6, 6.07) is 22.2. The minimum Gasteiger partial charge on any atom is -0.484 e. The van der Waals surface area contributed by atoms with Crippen molar-refractivity contribution in [2.24, 2.45) is 5.92 Å². The van der Waals surface area contributed by atoms with Gasteiger partial charge in [-0.1, -0.05) is 80.0 Å². The van der Waals surface area contributed by atoms with Crippen LogP contribution in [0.1, 0.15) is 36.1 Å². The molecule has 36 heavy (non-hydrogen) atoms. The number of ether oxygens (including phenoxy) is 1. The lowest BCUT2D eigenvalue weighted by Crippen LogP contribution is -2.52. The standard InChI is InChI=1S/C30H35ClN2O3/c1-21(2)18-32-30(35)28(17-24-10-6-5-7-11-24)33(19-25-12-8-9-13-27(25)31)29(34)20-36-26-15-22(3)14-23(4)16-26/h5-16,21,28H,17-20H2,1-4H3,(H,32,35)/t28-/m0/s1. The maximum Gasteiger partial charge on any atom is 0.261 e. The van der Waals surface area contributed by atoms with Crippen molar-refractivity contribution in [1.29, 1.82) is 0 Å². The fourth-order valence-electron chi connectivity index (χ4n) is 4.03. The van der Waals surface area contributed by atoms with Crippen LogP contribution in [0.3, 0.4) is 0 Å². The van der Waals surface area contributed by atoms with Crippen molar-refractivity contribution in [3.63, 3.8) is 0 Å². The second kappa shape index (κ2) is 13.1. The molecule has 0 bridgehead atoms. The minimum atomic E-state index is -0.724. The number of halogens is 1. The molecule has 3 aromatic rings. The Balaban J connectivity index is 1.92. The summed E-state index contributed by atoms with van der Waals surface area (Å²) in [4.78, 5) is 28.7. The maximum atomic E-state index is 13.7. The zero-order valence-electron chi connectivity index (χ0n) is 21.5. The molecule has 3 rings (SSSR count). The molecule has 0 aliphatic rings. The van der Waals surface area contributed by atoms with Crippen LogP contribution in [0, 0.1) is 19.8 Å². The summed E-state index contributed by atoms with van der Waals surface area (Å²) in [6.45, 7) is 8.59. The molecule has 0 fully saturated rings. The van der Waals surface area contributed by atoms with E-state index < -0.39 is 6.04 Å². The number of carbonyl (C=O) groups is 2. The molecule has 0 aliphatic heterocycles. The number of amides is 2. The SMILES string of the molecule is Cc1cc(C)cc(OCC(=O)N(Cc2ccccc2Cl)[C@@H](Cc2ccccc2)C(=O)NCC(C)C)c1. The molecule has 3 aromatic carbocycles. The van der Waals surface area contributed by atoms with E-state index in [4.69, 9.17) is 16.3 Å². The Labute approximate surface area is 219 Å². The van der Waals surface area contributed by atoms with Gasteiger partial charge in [0.15, 0.2) is 6.61 Å². The van der Waals surface area contributed by atoms with Gasteiger partial charge < -0.3 is 15.0 Å². The summed E-state index contributed by atoms with van der Waals surface area (Å²) in [5, 5.41) is 3.57. The second-order valence-electron chi connectivity index (χ2n) is 9.57. The quantitative estimate of drug-likeness (QED) is 0.360. The third-order valence-electron chi connectivity index (χ3n) is 5.81. The van der Waals surface area contributed by atoms with Crippen LogP contribution in [-0.4, -0.2) is 35.9 Å². The molecule has 0 aliphatic carbocycles. The number of carbonyl (C=O) groups excluding carboxylic acids is 2. The first-order valence-corrected chi connectivity index (χ1v) is 12.7. The smallest absolute Gasteiger partial charge is 0.261 e. The van der Waals surface area contributed by atoms with Gasteiger partial charge in [-0.2, -0.15) is 0 Å². The van der Waals surface area contributed by atoms with Gasteiger partial charge in [0, 0.05) is 24.5 Å². The van der Waals surface area contributed by atoms with E-state index in [9.17, 15) is 9.59 Å². The molecule has 1 N–H and O–H groups in total. The molecule has 0 saturated heterocycles. The zero-order valence-corrected chi connectivity index (χ0v) is 22.2. The maximum absolute atomic E-state index is 13.7. The number of nitrogens with zero attached hydrogens (tertiary/aromatic N) is 1. The first-order valence-electron chi connectivity index (χ1n) is 12.3. The van der Waals surface area contributed by atoms with Crippen LogP contribution in [0.25, 0.3) is 0 Å². The number of hydrogen-bond donors (Lipinski definition) is 1. The topological polar surface area (TPSA) is 58.6 Å². The Morgan fingerprint density at radius 3 is 2.22 bits per heavy atom. The average Bonchev–Trinajstić information content (AvgIpc) is 2.84. The summed E-state index contributed by atoms with van der Waals surface area (Å²) in [5.74, 6) is 0.434.